The Balaban J connectivity index is 0.000000325. The molecular weight excluding hydrogens is 196 g/mol. The first-order valence-corrected chi connectivity index (χ1v) is 6.26. The summed E-state index contributed by atoms with van der Waals surface area (Å²) < 4.78 is 0. The predicted octanol–water partition coefficient (Wildman–Crippen LogP) is 4.68. The lowest BCUT2D eigenvalue weighted by Crippen LogP contribution is -2.11. The lowest BCUT2D eigenvalue weighted by molar-refractivity contribution is -0.114. The normalized spacial score (nSPS) is 15.6. The molecule has 1 aliphatic rings. The largest absolute Gasteiger partial charge is 0.295 e. The van der Waals surface area contributed by atoms with Gasteiger partial charge in [0, 0.05) is 6.42 Å². The summed E-state index contributed by atoms with van der Waals surface area (Å²) in [5.74, 6) is 0.106. The van der Waals surface area contributed by atoms with Gasteiger partial charge < -0.3 is 0 Å². The molecule has 0 aromatic carbocycles. The van der Waals surface area contributed by atoms with Crippen molar-refractivity contribution in [3.05, 3.63) is 24.3 Å². The molecule has 0 heterocycles. The van der Waals surface area contributed by atoms with Crippen LogP contribution in [-0.4, -0.2) is 5.78 Å². The Bertz CT molecular complexity index is 253. The van der Waals surface area contributed by atoms with Crippen LogP contribution >= 0.6 is 0 Å². The molecule has 1 heteroatoms. The highest BCUT2D eigenvalue weighted by molar-refractivity contribution is 5.88. The fraction of sp³-hybridized carbons (Fsp3) is 0.667. The number of allylic oxidation sites excluding steroid dienone is 3. The third-order valence-corrected chi connectivity index (χ3v) is 2.83. The first kappa shape index (κ1) is 15.2. The van der Waals surface area contributed by atoms with Crippen LogP contribution in [0.3, 0.4) is 0 Å². The second-order valence-corrected chi connectivity index (χ2v) is 5.25. The van der Waals surface area contributed by atoms with Crippen LogP contribution in [0.1, 0.15) is 59.8 Å². The Morgan fingerprint density at radius 2 is 2.06 bits per heavy atom. The fourth-order valence-electron chi connectivity index (χ4n) is 1.66. The molecule has 0 radical (unpaired) electrons. The van der Waals surface area contributed by atoms with Gasteiger partial charge in [-0.15, -0.1) is 0 Å². The molecule has 1 nitrogen and oxygen atoms in total. The van der Waals surface area contributed by atoms with E-state index in [2.05, 4.69) is 33.4 Å². The van der Waals surface area contributed by atoms with E-state index in [-0.39, 0.29) is 5.78 Å². The lowest BCUT2D eigenvalue weighted by Gasteiger charge is -2.25. The van der Waals surface area contributed by atoms with Gasteiger partial charge in [0.2, 0.25) is 0 Å². The van der Waals surface area contributed by atoms with E-state index in [1.807, 2.05) is 6.92 Å². The van der Waals surface area contributed by atoms with Crippen LogP contribution in [0.4, 0.5) is 0 Å². The van der Waals surface area contributed by atoms with E-state index in [4.69, 9.17) is 0 Å². The van der Waals surface area contributed by atoms with Gasteiger partial charge in [0.1, 0.15) is 0 Å². The molecule has 16 heavy (non-hydrogen) atoms. The van der Waals surface area contributed by atoms with Gasteiger partial charge in [0.05, 0.1) is 0 Å². The average molecular weight is 222 g/mol. The molecule has 0 amide bonds. The molecule has 0 saturated heterocycles. The van der Waals surface area contributed by atoms with Crippen LogP contribution in [0.25, 0.3) is 0 Å². The van der Waals surface area contributed by atoms with E-state index in [1.165, 1.54) is 31.8 Å². The van der Waals surface area contributed by atoms with E-state index in [0.717, 1.165) is 0 Å². The van der Waals surface area contributed by atoms with Crippen LogP contribution in [0.15, 0.2) is 24.3 Å². The van der Waals surface area contributed by atoms with Crippen LogP contribution < -0.4 is 0 Å². The summed E-state index contributed by atoms with van der Waals surface area (Å²) in [6, 6.07) is 0. The number of hydrogen-bond acceptors (Lipinski definition) is 1. The second kappa shape index (κ2) is 7.43. The van der Waals surface area contributed by atoms with Crippen molar-refractivity contribution in [2.45, 2.75) is 59.8 Å². The molecular formula is C15H26O. The molecule has 1 rings (SSSR count). The van der Waals surface area contributed by atoms with Crippen LogP contribution in [0.5, 0.6) is 0 Å². The fourth-order valence-corrected chi connectivity index (χ4v) is 1.66. The highest BCUT2D eigenvalue weighted by atomic mass is 16.1. The molecule has 0 unspecified atom stereocenters. The van der Waals surface area contributed by atoms with Crippen molar-refractivity contribution in [1.82, 2.24) is 0 Å². The molecule has 0 saturated carbocycles. The standard InChI is InChI=1S/C10H18.C5H8O/c1-10(2,3)9-7-5-4-6-8-9;1-3-5(6)4-2/h7H,4-6,8H2,1-3H3;3H,1,4H2,2H3. The molecule has 0 atom stereocenters. The topological polar surface area (TPSA) is 17.1 Å². The maximum absolute atomic E-state index is 10.1. The number of ketones is 1. The number of carbonyl (C=O) groups excluding carboxylic acids is 1. The van der Waals surface area contributed by atoms with Crippen molar-refractivity contribution in [2.24, 2.45) is 5.41 Å². The zero-order chi connectivity index (χ0) is 12.6. The van der Waals surface area contributed by atoms with Gasteiger partial charge in [-0.05, 0) is 37.2 Å². The highest BCUT2D eigenvalue weighted by Crippen LogP contribution is 2.32. The molecule has 0 spiro atoms. The summed E-state index contributed by atoms with van der Waals surface area (Å²) in [7, 11) is 0. The number of rotatable bonds is 2. The number of carbonyl (C=O) groups is 1. The summed E-state index contributed by atoms with van der Waals surface area (Å²) in [6.45, 7) is 12.0. The van der Waals surface area contributed by atoms with Crippen LogP contribution in [0.2, 0.25) is 0 Å². The molecule has 0 N–H and O–H groups in total. The first-order valence-electron chi connectivity index (χ1n) is 6.26. The van der Waals surface area contributed by atoms with Crippen molar-refractivity contribution in [1.29, 1.82) is 0 Å². The summed E-state index contributed by atoms with van der Waals surface area (Å²) in [6.07, 6.45) is 9.80. The summed E-state index contributed by atoms with van der Waals surface area (Å²) in [5, 5.41) is 0. The van der Waals surface area contributed by atoms with Crippen molar-refractivity contribution >= 4 is 5.78 Å². The average Bonchev–Trinajstić information content (AvgIpc) is 2.29. The van der Waals surface area contributed by atoms with Crippen LogP contribution in [-0.2, 0) is 4.79 Å². The van der Waals surface area contributed by atoms with Gasteiger partial charge in [-0.2, -0.15) is 0 Å². The minimum Gasteiger partial charge on any atom is -0.295 e. The van der Waals surface area contributed by atoms with E-state index < -0.39 is 0 Å². The number of hydrogen-bond donors (Lipinski definition) is 0. The Kier molecular flexibility index (Phi) is 7.03. The summed E-state index contributed by atoms with van der Waals surface area (Å²) >= 11 is 0. The first-order chi connectivity index (χ1) is 7.41. The molecule has 0 bridgehead atoms. The van der Waals surface area contributed by atoms with Gasteiger partial charge in [-0.3, -0.25) is 4.79 Å². The van der Waals surface area contributed by atoms with Gasteiger partial charge >= 0.3 is 0 Å². The summed E-state index contributed by atoms with van der Waals surface area (Å²) in [4.78, 5) is 10.1. The van der Waals surface area contributed by atoms with Gasteiger partial charge in [-0.1, -0.05) is 45.9 Å². The van der Waals surface area contributed by atoms with Gasteiger partial charge in [0.25, 0.3) is 0 Å². The predicted molar refractivity (Wildman–Crippen MR) is 71.5 cm³/mol. The summed E-state index contributed by atoms with van der Waals surface area (Å²) in [5.41, 5.74) is 2.10. The van der Waals surface area contributed by atoms with Crippen LogP contribution in [0, 0.1) is 5.41 Å². The van der Waals surface area contributed by atoms with Crippen molar-refractivity contribution in [3.8, 4) is 0 Å². The molecule has 92 valence electrons. The quantitative estimate of drug-likeness (QED) is 0.489. The van der Waals surface area contributed by atoms with E-state index >= 15 is 0 Å². The maximum Gasteiger partial charge on any atom is 0.154 e. The van der Waals surface area contributed by atoms with E-state index in [1.54, 1.807) is 5.57 Å². The zero-order valence-electron chi connectivity index (χ0n) is 11.3. The SMILES string of the molecule is C=CC(=O)CC.CC(C)(C)C1=CCCCC1. The highest BCUT2D eigenvalue weighted by Gasteiger charge is 2.17. The van der Waals surface area contributed by atoms with Gasteiger partial charge in [0.15, 0.2) is 5.78 Å². The Morgan fingerprint density at radius 3 is 2.25 bits per heavy atom. The van der Waals surface area contributed by atoms with E-state index in [0.29, 0.717) is 11.8 Å². The monoisotopic (exact) mass is 222 g/mol. The maximum atomic E-state index is 10.1. The Hall–Kier alpha value is -0.850. The minimum absolute atomic E-state index is 0.106. The Labute approximate surface area is 101 Å². The molecule has 0 aromatic heterocycles. The minimum atomic E-state index is 0.106. The zero-order valence-corrected chi connectivity index (χ0v) is 11.3. The Morgan fingerprint density at radius 1 is 1.44 bits per heavy atom. The van der Waals surface area contributed by atoms with Crippen molar-refractivity contribution < 1.29 is 4.79 Å². The third kappa shape index (κ3) is 6.60. The van der Waals surface area contributed by atoms with E-state index in [9.17, 15) is 4.79 Å². The molecule has 0 aliphatic heterocycles. The smallest absolute Gasteiger partial charge is 0.154 e. The molecule has 0 aromatic rings. The lowest BCUT2D eigenvalue weighted by atomic mass is 9.80. The third-order valence-electron chi connectivity index (χ3n) is 2.83. The molecule has 1 aliphatic carbocycles. The van der Waals surface area contributed by atoms with Gasteiger partial charge in [-0.25, -0.2) is 0 Å². The van der Waals surface area contributed by atoms with Crippen molar-refractivity contribution in [2.75, 3.05) is 0 Å². The molecule has 0 fully saturated rings. The second-order valence-electron chi connectivity index (χ2n) is 5.25. The van der Waals surface area contributed by atoms with Crippen molar-refractivity contribution in [3.63, 3.8) is 0 Å².